The summed E-state index contributed by atoms with van der Waals surface area (Å²) >= 11 is 0. The molecule has 2 aliphatic rings. The van der Waals surface area contributed by atoms with E-state index in [0.717, 1.165) is 50.2 Å². The van der Waals surface area contributed by atoms with Gasteiger partial charge < -0.3 is 44.9 Å². The standard InChI is InChI=1S/C53H67F2N12O8/c1-6-48(36(2)68)67-51(70)66(34-60-67)43-14-12-41(13-15-43)62-23-25-63(26-24-62)42-16-18-44(19-17-42)72-29-38-28-53(74-30-38,45-20-11-40(54)27-46(45)55)32-65-35-64(33-59-65)37(3)75-52(71)61(5)49-39(9-7-22-58-49)31-73-50(69)47(56)10-8-21-57-4/h7,9,11-20,22,27,33-38,47-48,57,68H,6,8,10,21,23-26,28-32,56H2,1-5H3/q+1/t36-,37?,38+,47-,48-,53-/m0/s1. The van der Waals surface area contributed by atoms with Crippen LogP contribution in [0.15, 0.2) is 109 Å². The lowest BCUT2D eigenvalue weighted by molar-refractivity contribution is -0.753. The average molecular weight is 1040 g/mol. The normalized spacial score (nSPS) is 18.3. The van der Waals surface area contributed by atoms with Gasteiger partial charge >= 0.3 is 17.8 Å². The molecular weight excluding hydrogens is 971 g/mol. The van der Waals surface area contributed by atoms with Crippen LogP contribution in [0.3, 0.4) is 0 Å². The molecule has 0 radical (unpaired) electrons. The number of amides is 1. The van der Waals surface area contributed by atoms with E-state index in [1.54, 1.807) is 41.6 Å². The van der Waals surface area contributed by atoms with E-state index in [-0.39, 0.29) is 49.4 Å². The molecule has 3 aromatic carbocycles. The van der Waals surface area contributed by atoms with E-state index in [9.17, 15) is 23.9 Å². The fourth-order valence-electron chi connectivity index (χ4n) is 9.62. The highest BCUT2D eigenvalue weighted by atomic mass is 19.1. The number of hydrogen-bond donors (Lipinski definition) is 3. The summed E-state index contributed by atoms with van der Waals surface area (Å²) in [7, 11) is 3.32. The van der Waals surface area contributed by atoms with Crippen molar-refractivity contribution in [3.63, 3.8) is 0 Å². The molecule has 3 aromatic heterocycles. The SMILES string of the molecule is CC[C@@H]([C@H](C)O)n1ncn(-c2ccc(N3CCN(c4ccc(OC[C@@H]5CO[C@@](Cn6c[n+](C(C)OC(=O)N(C)c7ncccc7COC(=O)[C@@H](N)CCCNC)cn6)(c6ccc(F)cc6F)C5)cc4)CC3)cc2)c1=O. The molecule has 0 saturated carbocycles. The Hall–Kier alpha value is -7.27. The van der Waals surface area contributed by atoms with Gasteiger partial charge in [-0.2, -0.15) is 9.67 Å². The fraction of sp³-hybridized carbons (Fsp3) is 0.453. The first-order valence-electron chi connectivity index (χ1n) is 25.3. The van der Waals surface area contributed by atoms with Crippen LogP contribution in [0.1, 0.15) is 69.9 Å². The molecule has 2 saturated heterocycles. The largest absolute Gasteiger partial charge is 0.493 e. The maximum Gasteiger partial charge on any atom is 0.418 e. The quantitative estimate of drug-likeness (QED) is 0.0463. The van der Waals surface area contributed by atoms with Crippen LogP contribution in [-0.4, -0.2) is 118 Å². The minimum absolute atomic E-state index is 0.0564. The third kappa shape index (κ3) is 12.8. The van der Waals surface area contributed by atoms with Crippen molar-refractivity contribution in [2.24, 2.45) is 11.7 Å². The number of nitrogens with two attached hydrogens (primary N) is 1. The Labute approximate surface area is 434 Å². The lowest BCUT2D eigenvalue weighted by atomic mass is 9.87. The van der Waals surface area contributed by atoms with Crippen molar-refractivity contribution < 1.29 is 47.0 Å². The molecule has 400 valence electrons. The van der Waals surface area contributed by atoms with Gasteiger partial charge in [-0.1, -0.05) is 19.1 Å². The smallest absolute Gasteiger partial charge is 0.418 e. The zero-order valence-corrected chi connectivity index (χ0v) is 43.0. The van der Waals surface area contributed by atoms with Crippen LogP contribution in [0.25, 0.3) is 5.69 Å². The molecule has 20 nitrogen and oxygen atoms in total. The van der Waals surface area contributed by atoms with Crippen LogP contribution in [0, 0.1) is 17.6 Å². The van der Waals surface area contributed by atoms with Gasteiger partial charge in [-0.05, 0) is 107 Å². The molecule has 0 spiro atoms. The average Bonchev–Trinajstić information content (AvgIpc) is 4.16. The number of carbonyl (C=O) groups excluding carboxylic acids is 2. The number of benzene rings is 3. The second kappa shape index (κ2) is 24.4. The Kier molecular flexibility index (Phi) is 17.6. The van der Waals surface area contributed by atoms with E-state index >= 15 is 4.39 Å². The van der Waals surface area contributed by atoms with Gasteiger partial charge in [0.2, 0.25) is 12.6 Å². The highest BCUT2D eigenvalue weighted by molar-refractivity contribution is 5.86. The number of hydrogen-bond acceptors (Lipinski definition) is 15. The van der Waals surface area contributed by atoms with Gasteiger partial charge in [-0.15, -0.1) is 4.68 Å². The van der Waals surface area contributed by atoms with E-state index in [1.807, 2.05) is 62.5 Å². The zero-order valence-electron chi connectivity index (χ0n) is 43.0. The molecule has 1 amide bonds. The second-order valence-electron chi connectivity index (χ2n) is 19.1. The topological polar surface area (TPSA) is 213 Å². The number of aliphatic hydroxyl groups excluding tert-OH is 1. The Morgan fingerprint density at radius 3 is 2.36 bits per heavy atom. The number of pyridine rings is 1. The van der Waals surface area contributed by atoms with Crippen LogP contribution < -0.4 is 40.7 Å². The highest BCUT2D eigenvalue weighted by Crippen LogP contribution is 2.42. The van der Waals surface area contributed by atoms with Gasteiger partial charge in [0.05, 0.1) is 31.0 Å². The number of nitrogens with one attached hydrogen (secondary N) is 1. The summed E-state index contributed by atoms with van der Waals surface area (Å²) < 4.78 is 59.8. The van der Waals surface area contributed by atoms with E-state index in [2.05, 4.69) is 30.3 Å². The Balaban J connectivity index is 0.840. The lowest BCUT2D eigenvalue weighted by Crippen LogP contribution is -2.46. The van der Waals surface area contributed by atoms with Crippen molar-refractivity contribution >= 4 is 29.3 Å². The molecule has 22 heteroatoms. The van der Waals surface area contributed by atoms with Crippen LogP contribution in [0.4, 0.5) is 30.8 Å². The van der Waals surface area contributed by atoms with E-state index < -0.39 is 53.7 Å². The van der Waals surface area contributed by atoms with E-state index in [1.165, 1.54) is 52.2 Å². The van der Waals surface area contributed by atoms with Crippen molar-refractivity contribution in [3.8, 4) is 11.4 Å². The number of aliphatic hydroxyl groups is 1. The molecule has 2 fully saturated rings. The van der Waals surface area contributed by atoms with Crippen molar-refractivity contribution in [2.75, 3.05) is 74.7 Å². The summed E-state index contributed by atoms with van der Waals surface area (Å²) in [5, 5.41) is 21.9. The third-order valence-corrected chi connectivity index (χ3v) is 13.9. The number of carbonyl (C=O) groups is 2. The molecule has 6 aromatic rings. The molecule has 6 atom stereocenters. The van der Waals surface area contributed by atoms with Crippen LogP contribution >= 0.6 is 0 Å². The Morgan fingerprint density at radius 1 is 1.00 bits per heavy atom. The summed E-state index contributed by atoms with van der Waals surface area (Å²) in [5.41, 5.74) is 7.96. The predicted octanol–water partition coefficient (Wildman–Crippen LogP) is 5.02. The predicted molar refractivity (Wildman–Crippen MR) is 274 cm³/mol. The molecule has 2 aliphatic heterocycles. The summed E-state index contributed by atoms with van der Waals surface area (Å²) in [6, 6.07) is 21.4. The van der Waals surface area contributed by atoms with Crippen molar-refractivity contribution in [1.82, 2.24) is 34.4 Å². The first-order valence-corrected chi connectivity index (χ1v) is 25.3. The van der Waals surface area contributed by atoms with Crippen LogP contribution in [0.5, 0.6) is 5.75 Å². The van der Waals surface area contributed by atoms with Gasteiger partial charge in [0, 0.05) is 85.9 Å². The number of anilines is 3. The molecule has 5 heterocycles. The number of aromatic nitrogens is 7. The molecule has 8 rings (SSSR count). The van der Waals surface area contributed by atoms with Gasteiger partial charge in [-0.3, -0.25) is 9.69 Å². The van der Waals surface area contributed by atoms with Gasteiger partial charge in [0.15, 0.2) is 0 Å². The molecule has 4 N–H and O–H groups in total. The van der Waals surface area contributed by atoms with E-state index in [0.29, 0.717) is 42.7 Å². The minimum Gasteiger partial charge on any atom is -0.493 e. The maximum atomic E-state index is 15.7. The second-order valence-corrected chi connectivity index (χ2v) is 19.1. The minimum atomic E-state index is -1.24. The highest BCUT2D eigenvalue weighted by Gasteiger charge is 2.46. The maximum absolute atomic E-state index is 15.7. The third-order valence-electron chi connectivity index (χ3n) is 13.9. The number of nitrogens with zero attached hydrogens (tertiary/aromatic N) is 10. The zero-order chi connectivity index (χ0) is 53.2. The molecule has 75 heavy (non-hydrogen) atoms. The van der Waals surface area contributed by atoms with Crippen molar-refractivity contribution in [2.45, 2.75) is 89.6 Å². The molecule has 0 aliphatic carbocycles. The lowest BCUT2D eigenvalue weighted by Gasteiger charge is -2.37. The van der Waals surface area contributed by atoms with Crippen molar-refractivity contribution in [1.29, 1.82) is 0 Å². The monoisotopic (exact) mass is 1040 g/mol. The summed E-state index contributed by atoms with van der Waals surface area (Å²) in [6.07, 6.45) is 5.90. The number of piperazine rings is 1. The Morgan fingerprint density at radius 2 is 1.69 bits per heavy atom. The van der Waals surface area contributed by atoms with Gasteiger partial charge in [-0.25, -0.2) is 32.6 Å². The van der Waals surface area contributed by atoms with Crippen molar-refractivity contribution in [3.05, 3.63) is 137 Å². The summed E-state index contributed by atoms with van der Waals surface area (Å²) in [4.78, 5) is 49.3. The number of halogens is 2. The van der Waals surface area contributed by atoms with E-state index in [4.69, 9.17) is 24.7 Å². The number of rotatable bonds is 22. The summed E-state index contributed by atoms with van der Waals surface area (Å²) in [6.45, 7) is 9.58. The first kappa shape index (κ1) is 54.0. The van der Waals surface area contributed by atoms with Gasteiger partial charge in [0.25, 0.3) is 6.33 Å². The Bertz CT molecular complexity index is 2910. The number of ether oxygens (including phenoxy) is 4. The van der Waals surface area contributed by atoms with Crippen LogP contribution in [0.2, 0.25) is 0 Å². The molecular formula is C53H67F2N12O8+. The number of esters is 1. The molecule has 0 bridgehead atoms. The molecule has 1 unspecified atom stereocenters. The fourth-order valence-corrected chi connectivity index (χ4v) is 9.62. The van der Waals surface area contributed by atoms with Crippen LogP contribution in [-0.2, 0) is 37.8 Å². The summed E-state index contributed by atoms with van der Waals surface area (Å²) in [5.74, 6) is -1.26. The van der Waals surface area contributed by atoms with Gasteiger partial charge in [0.1, 0.15) is 54.3 Å². The first-order chi connectivity index (χ1) is 36.2.